The molecule has 0 aliphatic heterocycles. The average Bonchev–Trinajstić information content (AvgIpc) is 2.76. The third kappa shape index (κ3) is 7.68. The predicted octanol–water partition coefficient (Wildman–Crippen LogP) is 3.53. The Kier molecular flexibility index (Phi) is 8.47. The fraction of sp³-hybridized carbons (Fsp3) is 0.259. The monoisotopic (exact) mass is 442 g/mol. The summed E-state index contributed by atoms with van der Waals surface area (Å²) in [4.78, 5) is 8.21. The molecule has 0 amide bonds. The van der Waals surface area contributed by atoms with Crippen LogP contribution in [0.4, 0.5) is 0 Å². The molecule has 0 bridgehead atoms. The van der Waals surface area contributed by atoms with E-state index in [1.54, 1.807) is 0 Å². The Morgan fingerprint density at radius 1 is 0.758 bits per heavy atom. The zero-order valence-corrected chi connectivity index (χ0v) is 19.3. The first kappa shape index (κ1) is 23.9. The van der Waals surface area contributed by atoms with E-state index in [0.29, 0.717) is 13.1 Å². The molecule has 0 aromatic heterocycles. The number of hydrogen-bond donors (Lipinski definition) is 4. The Hall–Kier alpha value is -3.80. The molecule has 6 heteroatoms. The topological polar surface area (TPSA) is 129 Å². The van der Waals surface area contributed by atoms with Crippen molar-refractivity contribution in [3.05, 3.63) is 94.6 Å². The van der Waals surface area contributed by atoms with Crippen LogP contribution < -0.4 is 22.9 Å². The highest BCUT2D eigenvalue weighted by Crippen LogP contribution is 2.29. The van der Waals surface area contributed by atoms with E-state index in [4.69, 9.17) is 22.9 Å². The predicted molar refractivity (Wildman–Crippen MR) is 141 cm³/mol. The summed E-state index contributed by atoms with van der Waals surface area (Å²) in [5.74, 6) is 0.256. The van der Waals surface area contributed by atoms with E-state index in [1.807, 2.05) is 0 Å². The molecular weight excluding hydrogens is 408 g/mol. The van der Waals surface area contributed by atoms with Gasteiger partial charge in [0, 0.05) is 13.1 Å². The van der Waals surface area contributed by atoms with Gasteiger partial charge in [-0.05, 0) is 72.1 Å². The van der Waals surface area contributed by atoms with E-state index in [9.17, 15) is 0 Å². The Morgan fingerprint density at radius 3 is 1.85 bits per heavy atom. The molecule has 0 radical (unpaired) electrons. The van der Waals surface area contributed by atoms with Crippen molar-refractivity contribution in [1.82, 2.24) is 0 Å². The van der Waals surface area contributed by atoms with Crippen LogP contribution in [0.15, 0.2) is 82.3 Å². The minimum absolute atomic E-state index is 0.128. The van der Waals surface area contributed by atoms with Crippen molar-refractivity contribution >= 4 is 23.1 Å². The van der Waals surface area contributed by atoms with Crippen LogP contribution in [0.25, 0.3) is 11.1 Å². The molecule has 33 heavy (non-hydrogen) atoms. The molecule has 8 N–H and O–H groups in total. The maximum atomic E-state index is 5.46. The highest BCUT2D eigenvalue weighted by atomic mass is 15.0. The molecule has 0 heterocycles. The molecule has 0 fully saturated rings. The van der Waals surface area contributed by atoms with Crippen molar-refractivity contribution in [2.45, 2.75) is 32.6 Å². The second-order valence-electron chi connectivity index (χ2n) is 8.30. The summed E-state index contributed by atoms with van der Waals surface area (Å²) in [6.07, 6.45) is 10.5. The molecule has 6 nitrogen and oxygen atoms in total. The van der Waals surface area contributed by atoms with Crippen LogP contribution >= 0.6 is 0 Å². The second kappa shape index (κ2) is 11.7. The van der Waals surface area contributed by atoms with Gasteiger partial charge in [0.2, 0.25) is 0 Å². The van der Waals surface area contributed by atoms with Crippen molar-refractivity contribution in [2.24, 2.45) is 32.9 Å². The van der Waals surface area contributed by atoms with Gasteiger partial charge >= 0.3 is 0 Å². The number of allylic oxidation sites excluding steroid dienone is 6. The van der Waals surface area contributed by atoms with Gasteiger partial charge in [-0.3, -0.25) is 9.98 Å². The third-order valence-corrected chi connectivity index (χ3v) is 5.53. The van der Waals surface area contributed by atoms with Gasteiger partial charge in [-0.15, -0.1) is 0 Å². The van der Waals surface area contributed by atoms with Crippen LogP contribution in [0.5, 0.6) is 0 Å². The van der Waals surface area contributed by atoms with E-state index in [2.05, 4.69) is 83.7 Å². The molecule has 172 valence electrons. The lowest BCUT2D eigenvalue weighted by Crippen LogP contribution is -2.23. The van der Waals surface area contributed by atoms with Gasteiger partial charge in [0.25, 0.3) is 0 Å². The number of nitrogens with two attached hydrogens (primary N) is 4. The molecule has 1 aliphatic rings. The smallest absolute Gasteiger partial charge is 0.185 e. The molecule has 0 unspecified atom stereocenters. The number of rotatable bonds is 8. The largest absolute Gasteiger partial charge is 0.370 e. The molecule has 0 atom stereocenters. The maximum Gasteiger partial charge on any atom is 0.185 e. The number of aliphatic imine (C=N–C) groups is 2. The maximum absolute atomic E-state index is 5.46. The van der Waals surface area contributed by atoms with Crippen molar-refractivity contribution in [3.8, 4) is 0 Å². The van der Waals surface area contributed by atoms with Crippen LogP contribution in [0.2, 0.25) is 0 Å². The summed E-state index contributed by atoms with van der Waals surface area (Å²) in [5.41, 5.74) is 30.4. The van der Waals surface area contributed by atoms with E-state index in [1.165, 1.54) is 39.0 Å². The summed E-state index contributed by atoms with van der Waals surface area (Å²) in [5, 5.41) is 0. The Bertz CT molecular complexity index is 1110. The van der Waals surface area contributed by atoms with Gasteiger partial charge in [0.15, 0.2) is 11.9 Å². The van der Waals surface area contributed by atoms with Crippen molar-refractivity contribution in [1.29, 1.82) is 0 Å². The molecule has 2 aromatic rings. The second-order valence-corrected chi connectivity index (χ2v) is 8.30. The first-order chi connectivity index (χ1) is 15.9. The Morgan fingerprint density at radius 2 is 1.30 bits per heavy atom. The molecular formula is C27H34N6. The van der Waals surface area contributed by atoms with E-state index in [0.717, 1.165) is 25.7 Å². The van der Waals surface area contributed by atoms with Gasteiger partial charge in [-0.1, -0.05) is 66.3 Å². The number of nitrogens with zero attached hydrogens (tertiary/aromatic N) is 2. The van der Waals surface area contributed by atoms with Crippen LogP contribution in [0, 0.1) is 0 Å². The summed E-state index contributed by atoms with van der Waals surface area (Å²) in [6.45, 7) is 3.36. The molecule has 2 aromatic carbocycles. The first-order valence-corrected chi connectivity index (χ1v) is 11.3. The molecule has 0 saturated heterocycles. The zero-order chi connectivity index (χ0) is 23.6. The lowest BCUT2D eigenvalue weighted by Gasteiger charge is -2.14. The lowest BCUT2D eigenvalue weighted by molar-refractivity contribution is 0.960. The van der Waals surface area contributed by atoms with E-state index < -0.39 is 0 Å². The summed E-state index contributed by atoms with van der Waals surface area (Å²) in [7, 11) is 0. The van der Waals surface area contributed by atoms with E-state index >= 15 is 0 Å². The standard InChI is InChI=1S/C27H34N6/c1-19-5-2-8-24(22-9-3-6-20(16-22)11-13-32-26(28)29)18-25(15-19)23-10-4-7-21(17-23)12-14-33-27(30)31/h3-4,6-10,15-18H,2,5,11-14H2,1H3,(H4,28,29,32)(H4,30,31,33). The molecule has 0 saturated carbocycles. The highest BCUT2D eigenvalue weighted by Gasteiger charge is 2.08. The quantitative estimate of drug-likeness (QED) is 0.368. The van der Waals surface area contributed by atoms with Gasteiger partial charge in [-0.25, -0.2) is 0 Å². The number of benzene rings is 2. The van der Waals surface area contributed by atoms with Gasteiger partial charge < -0.3 is 22.9 Å². The first-order valence-electron chi connectivity index (χ1n) is 11.3. The molecule has 1 aliphatic carbocycles. The van der Waals surface area contributed by atoms with Crippen LogP contribution in [-0.4, -0.2) is 25.0 Å². The minimum Gasteiger partial charge on any atom is -0.370 e. The summed E-state index contributed by atoms with van der Waals surface area (Å²) >= 11 is 0. The van der Waals surface area contributed by atoms with Crippen LogP contribution in [0.1, 0.15) is 42.0 Å². The Balaban J connectivity index is 1.90. The average molecular weight is 443 g/mol. The van der Waals surface area contributed by atoms with E-state index in [-0.39, 0.29) is 11.9 Å². The SMILES string of the molecule is CC1=CC(c2cccc(CCN=C(N)N)c2)=CC(c2cccc(CCN=C(N)N)c2)=CCC1. The van der Waals surface area contributed by atoms with Gasteiger partial charge in [0.1, 0.15) is 0 Å². The van der Waals surface area contributed by atoms with Crippen molar-refractivity contribution in [3.63, 3.8) is 0 Å². The minimum atomic E-state index is 0.128. The lowest BCUT2D eigenvalue weighted by atomic mass is 9.91. The number of hydrogen-bond acceptors (Lipinski definition) is 2. The van der Waals surface area contributed by atoms with Crippen molar-refractivity contribution in [2.75, 3.05) is 13.1 Å². The fourth-order valence-electron chi connectivity index (χ4n) is 3.87. The Labute approximate surface area is 196 Å². The molecule has 3 rings (SSSR count). The van der Waals surface area contributed by atoms with Crippen molar-refractivity contribution < 1.29 is 0 Å². The van der Waals surface area contributed by atoms with Crippen LogP contribution in [0.3, 0.4) is 0 Å². The molecule has 0 spiro atoms. The summed E-state index contributed by atoms with van der Waals surface area (Å²) < 4.78 is 0. The van der Waals surface area contributed by atoms with Gasteiger partial charge in [-0.2, -0.15) is 0 Å². The normalized spacial score (nSPS) is 13.7. The third-order valence-electron chi connectivity index (χ3n) is 5.53. The zero-order valence-electron chi connectivity index (χ0n) is 19.3. The fourth-order valence-corrected chi connectivity index (χ4v) is 3.87. The number of guanidine groups is 2. The highest BCUT2D eigenvalue weighted by molar-refractivity contribution is 5.88. The summed E-state index contributed by atoms with van der Waals surface area (Å²) in [6, 6.07) is 17.2. The van der Waals surface area contributed by atoms with Crippen LogP contribution in [-0.2, 0) is 12.8 Å². The van der Waals surface area contributed by atoms with Gasteiger partial charge in [0.05, 0.1) is 0 Å².